The zero-order chi connectivity index (χ0) is 10.6. The summed E-state index contributed by atoms with van der Waals surface area (Å²) in [5.41, 5.74) is 0.920. The average molecular weight is 203 g/mol. The Hall–Kier alpha value is -1.03. The first-order valence-electron chi connectivity index (χ1n) is 4.32. The van der Waals surface area contributed by atoms with E-state index in [2.05, 4.69) is 0 Å². The third kappa shape index (κ3) is 3.38. The second-order valence-electron chi connectivity index (χ2n) is 3.12. The van der Waals surface area contributed by atoms with Gasteiger partial charge in [0.25, 0.3) is 0 Å². The Balaban J connectivity index is 2.42. The van der Waals surface area contributed by atoms with E-state index < -0.39 is 6.30 Å². The van der Waals surface area contributed by atoms with Crippen LogP contribution in [0.4, 0.5) is 13.2 Å². The van der Waals surface area contributed by atoms with Crippen LogP contribution < -0.4 is 0 Å². The van der Waals surface area contributed by atoms with E-state index in [1.807, 2.05) is 30.3 Å². The second kappa shape index (κ2) is 4.46. The van der Waals surface area contributed by atoms with E-state index in [9.17, 15) is 13.2 Å². The molecule has 0 aromatic heterocycles. The first-order valence-corrected chi connectivity index (χ1v) is 4.32. The molecule has 0 amide bonds. The molecule has 78 valence electrons. The van der Waals surface area contributed by atoms with E-state index in [-0.39, 0.29) is 6.54 Å². The molecule has 0 saturated heterocycles. The summed E-state index contributed by atoms with van der Waals surface area (Å²) in [7, 11) is 1.06. The van der Waals surface area contributed by atoms with Crippen LogP contribution in [0, 0.1) is 0 Å². The molecule has 0 N–H and O–H groups in total. The minimum atomic E-state index is -4.23. The molecule has 0 aliphatic rings. The van der Waals surface area contributed by atoms with Crippen molar-refractivity contribution in [2.24, 2.45) is 0 Å². The van der Waals surface area contributed by atoms with E-state index >= 15 is 0 Å². The van der Waals surface area contributed by atoms with Crippen LogP contribution in [0.15, 0.2) is 30.3 Å². The van der Waals surface area contributed by atoms with Gasteiger partial charge in [-0.05, 0) is 19.0 Å². The lowest BCUT2D eigenvalue weighted by molar-refractivity contribution is -0.236. The molecule has 0 aliphatic carbocycles. The number of hydrogen-bond donors (Lipinski definition) is 0. The molecule has 0 fully saturated rings. The van der Waals surface area contributed by atoms with Gasteiger partial charge in [-0.15, -0.1) is 0 Å². The number of alkyl halides is 3. The lowest BCUT2D eigenvalue weighted by atomic mass is 10.1. The fraction of sp³-hybridized carbons (Fsp3) is 0.400. The first-order chi connectivity index (χ1) is 6.50. The Morgan fingerprint density at radius 1 is 1.14 bits per heavy atom. The molecule has 14 heavy (non-hydrogen) atoms. The van der Waals surface area contributed by atoms with Crippen molar-refractivity contribution in [3.63, 3.8) is 0 Å². The summed E-state index contributed by atoms with van der Waals surface area (Å²) in [5, 5.41) is 0. The molecule has 0 unspecified atom stereocenters. The lowest BCUT2D eigenvalue weighted by Gasteiger charge is -2.19. The molecule has 1 aromatic carbocycles. The molecular weight excluding hydrogens is 191 g/mol. The summed E-state index contributed by atoms with van der Waals surface area (Å²) in [6.45, 7) is -0.00644. The Morgan fingerprint density at radius 2 is 1.71 bits per heavy atom. The SMILES string of the molecule is CN(CCc1ccccc1)C(F)(F)F. The quantitative estimate of drug-likeness (QED) is 0.683. The van der Waals surface area contributed by atoms with Crippen molar-refractivity contribution in [1.82, 2.24) is 4.90 Å². The normalized spacial score (nSPS) is 12.1. The molecule has 0 spiro atoms. The van der Waals surface area contributed by atoms with Crippen molar-refractivity contribution in [2.45, 2.75) is 12.7 Å². The zero-order valence-electron chi connectivity index (χ0n) is 7.88. The number of hydrogen-bond acceptors (Lipinski definition) is 1. The van der Waals surface area contributed by atoms with Gasteiger partial charge in [0.05, 0.1) is 0 Å². The number of benzene rings is 1. The Labute approximate surface area is 81.1 Å². The van der Waals surface area contributed by atoms with Crippen molar-refractivity contribution < 1.29 is 13.2 Å². The monoisotopic (exact) mass is 203 g/mol. The van der Waals surface area contributed by atoms with Crippen molar-refractivity contribution >= 4 is 0 Å². The molecule has 4 heteroatoms. The van der Waals surface area contributed by atoms with Gasteiger partial charge in [0.15, 0.2) is 0 Å². The van der Waals surface area contributed by atoms with E-state index in [4.69, 9.17) is 0 Å². The minimum absolute atomic E-state index is 0.00644. The summed E-state index contributed by atoms with van der Waals surface area (Å²) in [6.07, 6.45) is -3.81. The Bertz CT molecular complexity index is 268. The van der Waals surface area contributed by atoms with E-state index in [1.54, 1.807) is 0 Å². The third-order valence-electron chi connectivity index (χ3n) is 2.01. The summed E-state index contributed by atoms with van der Waals surface area (Å²) < 4.78 is 36.2. The summed E-state index contributed by atoms with van der Waals surface area (Å²) >= 11 is 0. The highest BCUT2D eigenvalue weighted by Crippen LogP contribution is 2.19. The smallest absolute Gasteiger partial charge is 0.217 e. The van der Waals surface area contributed by atoms with Gasteiger partial charge in [-0.25, -0.2) is 4.90 Å². The van der Waals surface area contributed by atoms with E-state index in [0.29, 0.717) is 11.3 Å². The topological polar surface area (TPSA) is 3.24 Å². The van der Waals surface area contributed by atoms with Crippen LogP contribution in [0.2, 0.25) is 0 Å². The molecule has 0 heterocycles. The Kier molecular flexibility index (Phi) is 3.52. The van der Waals surface area contributed by atoms with E-state index in [1.165, 1.54) is 0 Å². The lowest BCUT2D eigenvalue weighted by Crippen LogP contribution is -2.35. The fourth-order valence-corrected chi connectivity index (χ4v) is 1.07. The maximum Gasteiger partial charge on any atom is 0.459 e. The van der Waals surface area contributed by atoms with Crippen LogP contribution in [0.3, 0.4) is 0 Å². The van der Waals surface area contributed by atoms with Crippen LogP contribution in [-0.2, 0) is 6.42 Å². The van der Waals surface area contributed by atoms with Gasteiger partial charge in [-0.1, -0.05) is 30.3 Å². The molecule has 1 rings (SSSR count). The maximum atomic E-state index is 12.1. The predicted octanol–water partition coefficient (Wildman–Crippen LogP) is 2.68. The highest BCUT2D eigenvalue weighted by atomic mass is 19.4. The van der Waals surface area contributed by atoms with Gasteiger partial charge >= 0.3 is 6.30 Å². The van der Waals surface area contributed by atoms with Gasteiger partial charge in [-0.3, -0.25) is 0 Å². The molecule has 1 aromatic rings. The summed E-state index contributed by atoms with van der Waals surface area (Å²) in [6, 6.07) is 9.14. The van der Waals surface area contributed by atoms with Crippen molar-refractivity contribution in [3.8, 4) is 0 Å². The zero-order valence-corrected chi connectivity index (χ0v) is 7.88. The van der Waals surface area contributed by atoms with Crippen LogP contribution in [0.25, 0.3) is 0 Å². The second-order valence-corrected chi connectivity index (χ2v) is 3.12. The van der Waals surface area contributed by atoms with Crippen molar-refractivity contribution in [1.29, 1.82) is 0 Å². The van der Waals surface area contributed by atoms with Gasteiger partial charge in [0, 0.05) is 6.54 Å². The van der Waals surface area contributed by atoms with Crippen LogP contribution in [0.5, 0.6) is 0 Å². The minimum Gasteiger partial charge on any atom is -0.217 e. The van der Waals surface area contributed by atoms with Crippen molar-refractivity contribution in [2.75, 3.05) is 13.6 Å². The number of halogens is 3. The van der Waals surface area contributed by atoms with Crippen LogP contribution in [-0.4, -0.2) is 24.8 Å². The van der Waals surface area contributed by atoms with Gasteiger partial charge in [0.2, 0.25) is 0 Å². The molecule has 0 radical (unpaired) electrons. The first kappa shape index (κ1) is 11.0. The van der Waals surface area contributed by atoms with Crippen molar-refractivity contribution in [3.05, 3.63) is 35.9 Å². The fourth-order valence-electron chi connectivity index (χ4n) is 1.07. The summed E-state index contributed by atoms with van der Waals surface area (Å²) in [5.74, 6) is 0. The van der Waals surface area contributed by atoms with Gasteiger partial charge in [0.1, 0.15) is 0 Å². The average Bonchev–Trinajstić information content (AvgIpc) is 2.14. The standard InChI is InChI=1S/C10H12F3N/c1-14(10(11,12)13)8-7-9-5-3-2-4-6-9/h2-6H,7-8H2,1H3. The van der Waals surface area contributed by atoms with Gasteiger partial charge in [-0.2, -0.15) is 13.2 Å². The van der Waals surface area contributed by atoms with E-state index in [0.717, 1.165) is 12.6 Å². The number of nitrogens with zero attached hydrogens (tertiary/aromatic N) is 1. The molecule has 0 bridgehead atoms. The molecule has 0 atom stereocenters. The predicted molar refractivity (Wildman–Crippen MR) is 48.8 cm³/mol. The Morgan fingerprint density at radius 3 is 2.21 bits per heavy atom. The molecular formula is C10H12F3N. The third-order valence-corrected chi connectivity index (χ3v) is 2.01. The van der Waals surface area contributed by atoms with Crippen LogP contribution in [0.1, 0.15) is 5.56 Å². The highest BCUT2D eigenvalue weighted by molar-refractivity contribution is 5.14. The number of likely N-dealkylation sites (N-methyl/N-ethyl adjacent to an activating group) is 1. The highest BCUT2D eigenvalue weighted by Gasteiger charge is 2.33. The van der Waals surface area contributed by atoms with Crippen LogP contribution >= 0.6 is 0 Å². The van der Waals surface area contributed by atoms with Gasteiger partial charge < -0.3 is 0 Å². The largest absolute Gasteiger partial charge is 0.459 e. The number of rotatable bonds is 3. The molecule has 0 saturated carbocycles. The summed E-state index contributed by atoms with van der Waals surface area (Å²) in [4.78, 5) is 0.389. The molecule has 1 nitrogen and oxygen atoms in total. The molecule has 0 aliphatic heterocycles. The maximum absolute atomic E-state index is 12.1.